The van der Waals surface area contributed by atoms with E-state index in [0.29, 0.717) is 6.42 Å². The van der Waals surface area contributed by atoms with Crippen molar-refractivity contribution in [2.45, 2.75) is 39.5 Å². The second kappa shape index (κ2) is 56.0. The average molecular weight is 1010 g/mol. The van der Waals surface area contributed by atoms with Crippen LogP contribution in [0.25, 0.3) is 0 Å². The van der Waals surface area contributed by atoms with Gasteiger partial charge in [0.1, 0.15) is 5.78 Å². The fraction of sp³-hybridized carbons (Fsp3) is 0.286. The van der Waals surface area contributed by atoms with E-state index in [1.54, 1.807) is 6.92 Å². The zero-order valence-corrected chi connectivity index (χ0v) is 41.1. The maximum atomic E-state index is 10.7. The molecule has 146 valence electrons. The molecule has 0 aliphatic carbocycles. The van der Waals surface area contributed by atoms with Crippen molar-refractivity contribution in [3.05, 3.63) is 86.4 Å². The van der Waals surface area contributed by atoms with Crippen LogP contribution in [0.5, 0.6) is 0 Å². The summed E-state index contributed by atoms with van der Waals surface area (Å²) < 4.78 is 0. The van der Waals surface area contributed by atoms with Gasteiger partial charge < -0.3 is 4.79 Å². The molecule has 0 aliphatic rings. The first kappa shape index (κ1) is 60.9. The third kappa shape index (κ3) is 59.7. The molecule has 0 heterocycles. The summed E-state index contributed by atoms with van der Waals surface area (Å²) >= 11 is 0. The number of unbranched alkanes of at least 4 members (excludes halogenated alkanes) is 1. The Kier molecular flexibility index (Phi) is 114. The van der Waals surface area contributed by atoms with Gasteiger partial charge in [-0.25, -0.2) is 12.8 Å². The van der Waals surface area contributed by atoms with E-state index in [1.165, 1.54) is 0 Å². The second-order valence-electron chi connectivity index (χ2n) is 4.78. The van der Waals surface area contributed by atoms with Crippen molar-refractivity contribution in [3.8, 4) is 0 Å². The summed E-state index contributed by atoms with van der Waals surface area (Å²) in [4.78, 5) is 10.7. The predicted molar refractivity (Wildman–Crippen MR) is 97.7 cm³/mol. The van der Waals surface area contributed by atoms with E-state index in [1.807, 2.05) is 74.3 Å². The first-order valence-electron chi connectivity index (χ1n) is 7.91. The summed E-state index contributed by atoms with van der Waals surface area (Å²) in [6.45, 7) is 3.75. The molecule has 1 nitrogen and oxygen atoms in total. The second-order valence-corrected chi connectivity index (χ2v) is 4.78. The van der Waals surface area contributed by atoms with Gasteiger partial charge >= 0.3 is 0 Å². The summed E-state index contributed by atoms with van der Waals surface area (Å²) in [5, 5.41) is 0. The van der Waals surface area contributed by atoms with Crippen LogP contribution in [-0.2, 0) is 266 Å². The molecule has 0 spiro atoms. The largest absolute Gasteiger partial charge is 0.300 e. The molecule has 0 fully saturated rings. The summed E-state index contributed by atoms with van der Waals surface area (Å²) in [5.74, 6) is 0.264. The van der Waals surface area contributed by atoms with Crippen LogP contribution in [0, 0.1) is 25.7 Å². The van der Waals surface area contributed by atoms with Crippen LogP contribution < -0.4 is 0 Å². The van der Waals surface area contributed by atoms with Crippen LogP contribution in [0.4, 0.5) is 0 Å². The molecule has 0 atom stereocenters. The van der Waals surface area contributed by atoms with Crippen molar-refractivity contribution in [3.63, 3.8) is 0 Å². The van der Waals surface area contributed by atoms with E-state index in [4.69, 9.17) is 0 Å². The molecule has 0 saturated carbocycles. The maximum absolute atomic E-state index is 10.7. The Morgan fingerprint density at radius 2 is 0.933 bits per heavy atom. The van der Waals surface area contributed by atoms with Gasteiger partial charge in [0.05, 0.1) is 0 Å². The number of Topliss-reactive ketones (excluding diaryl/α,β-unsaturated/α-hetero) is 1. The van der Waals surface area contributed by atoms with Crippen molar-refractivity contribution in [1.29, 1.82) is 0 Å². The van der Waals surface area contributed by atoms with Gasteiger partial charge in [0, 0.05) is 268 Å². The topological polar surface area (TPSA) is 17.1 Å². The normalized spacial score (nSPS) is 8.87. The van der Waals surface area contributed by atoms with Gasteiger partial charge in [-0.1, -0.05) is 26.2 Å². The molecule has 0 bridgehead atoms. The van der Waals surface area contributed by atoms with E-state index in [2.05, 4.69) is 19.1 Å². The van der Waals surface area contributed by atoms with Crippen LogP contribution in [0.1, 0.15) is 39.5 Å². The number of carbonyl (C=O) groups excluding carboxylic acids is 1. The molecule has 0 unspecified atom stereocenters. The quantitative estimate of drug-likeness (QED) is 0.170. The minimum atomic E-state index is 0. The smallest absolute Gasteiger partial charge is 0.129 e. The zero-order chi connectivity index (χ0) is 16.3. The standard InChI is InChI=1S/C21H28O.8Y/c1-3-4-5-6-7-8-9-10-11-12-13-14-15-16-17-18-19-20-21(2)22;;;;;;;;/h4-17H,3,18-20H2,1-2H3;;;;;;;;/q-4;;;;;;;;/b5-4-,8-7-,11-10-,14-13-,17-16-;;;;;;;;. The summed E-state index contributed by atoms with van der Waals surface area (Å²) in [7, 11) is 0. The van der Waals surface area contributed by atoms with Gasteiger partial charge in [0.15, 0.2) is 0 Å². The molecule has 0 aromatic rings. The molecule has 0 aromatic heterocycles. The number of allylic oxidation sites excluding steroid dienone is 10. The summed E-state index contributed by atoms with van der Waals surface area (Å²) in [6, 6.07) is 0. The van der Waals surface area contributed by atoms with Gasteiger partial charge in [-0.15, -0.1) is 0 Å². The molecule has 0 aliphatic heterocycles. The molecule has 30 heavy (non-hydrogen) atoms. The monoisotopic (exact) mass is 1010 g/mol. The number of rotatable bonds is 13. The van der Waals surface area contributed by atoms with E-state index >= 15 is 0 Å². The molecule has 0 saturated heterocycles. The number of ketones is 1. The Hall–Kier alpha value is 6.68. The van der Waals surface area contributed by atoms with Gasteiger partial charge in [0.25, 0.3) is 0 Å². The first-order valence-corrected chi connectivity index (χ1v) is 7.91. The van der Waals surface area contributed by atoms with Crippen molar-refractivity contribution >= 4 is 5.78 Å². The molecule has 9 heteroatoms. The maximum Gasteiger partial charge on any atom is 0.129 e. The van der Waals surface area contributed by atoms with Crippen LogP contribution in [-0.4, -0.2) is 5.78 Å². The van der Waals surface area contributed by atoms with Crippen LogP contribution >= 0.6 is 0 Å². The summed E-state index contributed by atoms with van der Waals surface area (Å²) in [6.07, 6.45) is 31.9. The van der Waals surface area contributed by atoms with E-state index in [-0.39, 0.29) is 267 Å². The Balaban J connectivity index is -0.0000000787. The van der Waals surface area contributed by atoms with Crippen LogP contribution in [0.15, 0.2) is 60.8 Å². The van der Waals surface area contributed by atoms with Gasteiger partial charge in [0.2, 0.25) is 0 Å². The Bertz CT molecular complexity index is 419. The van der Waals surface area contributed by atoms with E-state index in [9.17, 15) is 4.79 Å². The fourth-order valence-electron chi connectivity index (χ4n) is 1.50. The van der Waals surface area contributed by atoms with E-state index < -0.39 is 0 Å². The van der Waals surface area contributed by atoms with Gasteiger partial charge in [-0.05, 0) is 6.92 Å². The molecular formula is C21H28OY8-4. The van der Waals surface area contributed by atoms with Gasteiger partial charge in [-0.2, -0.15) is 24.3 Å². The molecular weight excluding hydrogens is 979 g/mol. The number of carbonyl (C=O) groups is 1. The molecule has 0 aromatic carbocycles. The fourth-order valence-corrected chi connectivity index (χ4v) is 1.50. The third-order valence-corrected chi connectivity index (χ3v) is 2.63. The van der Waals surface area contributed by atoms with Crippen LogP contribution in [0.2, 0.25) is 0 Å². The average Bonchev–Trinajstić information content (AvgIpc) is 2.50. The predicted octanol–water partition coefficient (Wildman–Crippen LogP) is 5.73. The molecule has 8 radical (unpaired) electrons. The Morgan fingerprint density at radius 1 is 0.600 bits per heavy atom. The minimum absolute atomic E-state index is 0. The van der Waals surface area contributed by atoms with Gasteiger partial charge in [-0.3, -0.25) is 49.3 Å². The van der Waals surface area contributed by atoms with Crippen molar-refractivity contribution < 1.29 is 266 Å². The zero-order valence-electron chi connectivity index (χ0n) is 18.4. The number of hydrogen-bond acceptors (Lipinski definition) is 1. The summed E-state index contributed by atoms with van der Waals surface area (Å²) in [5.41, 5.74) is 0. The first-order chi connectivity index (χ1) is 10.8. The Labute approximate surface area is 388 Å². The molecule has 0 rings (SSSR count). The number of hydrogen-bond donors (Lipinski definition) is 0. The minimum Gasteiger partial charge on any atom is -0.300 e. The SMILES string of the molecule is CC/C=C\[CH-]/C=C\[CH-]/C=C\[CH-]/C=C\[CH-]/C=C\CCCC(C)=O.[Y].[Y].[Y].[Y].[Y].[Y].[Y].[Y]. The van der Waals surface area contributed by atoms with Crippen molar-refractivity contribution in [2.24, 2.45) is 0 Å². The molecule has 0 amide bonds. The van der Waals surface area contributed by atoms with Crippen LogP contribution in [0.3, 0.4) is 0 Å². The third-order valence-electron chi connectivity index (χ3n) is 2.63. The Morgan fingerprint density at radius 3 is 1.27 bits per heavy atom. The van der Waals surface area contributed by atoms with E-state index in [0.717, 1.165) is 19.3 Å². The molecule has 0 N–H and O–H groups in total. The van der Waals surface area contributed by atoms with Crippen molar-refractivity contribution in [2.75, 3.05) is 0 Å². The van der Waals surface area contributed by atoms with Crippen molar-refractivity contribution in [1.82, 2.24) is 0 Å².